The molecule has 1 aromatic rings. The monoisotopic (exact) mass is 298 g/mol. The van der Waals surface area contributed by atoms with E-state index in [4.69, 9.17) is 5.73 Å². The predicted octanol–water partition coefficient (Wildman–Crippen LogP) is 0.878. The Hall–Kier alpha value is -1.31. The number of benzene rings is 1. The third-order valence-electron chi connectivity index (χ3n) is 2.81. The summed E-state index contributed by atoms with van der Waals surface area (Å²) in [5, 5.41) is -0.816. The number of nitrogens with zero attached hydrogens (tertiary/aromatic N) is 1. The highest BCUT2D eigenvalue weighted by Crippen LogP contribution is 2.29. The van der Waals surface area contributed by atoms with Crippen molar-refractivity contribution >= 4 is 33.8 Å². The van der Waals surface area contributed by atoms with Gasteiger partial charge in [-0.15, -0.1) is 11.8 Å². The standard InChI is InChI=1S/C12H14N2O3S2/c1-2-9-3-5-10(6-4-9)19(16,17)14-7-8-18-12(14)11(13)15/h2-6,12H,1,7-8H2,(H2,13,15)/t12-/m0/s1. The average Bonchev–Trinajstić information content (AvgIpc) is 2.89. The van der Waals surface area contributed by atoms with Crippen molar-refractivity contribution in [3.8, 4) is 0 Å². The second kappa shape index (κ2) is 5.36. The van der Waals surface area contributed by atoms with E-state index in [1.54, 1.807) is 18.2 Å². The molecule has 1 amide bonds. The first-order valence-electron chi connectivity index (χ1n) is 5.62. The summed E-state index contributed by atoms with van der Waals surface area (Å²) in [6.07, 6.45) is 1.63. The van der Waals surface area contributed by atoms with Gasteiger partial charge in [0.05, 0.1) is 4.90 Å². The summed E-state index contributed by atoms with van der Waals surface area (Å²) in [5.41, 5.74) is 6.06. The van der Waals surface area contributed by atoms with Crippen LogP contribution in [0.15, 0.2) is 35.7 Å². The molecular formula is C12H14N2O3S2. The van der Waals surface area contributed by atoms with Gasteiger partial charge in [0.2, 0.25) is 15.9 Å². The zero-order chi connectivity index (χ0) is 14.0. The number of thioether (sulfide) groups is 1. The number of carbonyl (C=O) groups excluding carboxylic acids is 1. The molecule has 1 aliphatic rings. The van der Waals surface area contributed by atoms with Crippen LogP contribution < -0.4 is 5.73 Å². The minimum absolute atomic E-state index is 0.159. The highest BCUT2D eigenvalue weighted by Gasteiger charge is 2.38. The van der Waals surface area contributed by atoms with Gasteiger partial charge in [0.15, 0.2) is 0 Å². The van der Waals surface area contributed by atoms with E-state index >= 15 is 0 Å². The molecule has 1 aliphatic heterocycles. The van der Waals surface area contributed by atoms with Crippen LogP contribution in [0.25, 0.3) is 6.08 Å². The Balaban J connectivity index is 2.35. The van der Waals surface area contributed by atoms with Crippen molar-refractivity contribution in [2.45, 2.75) is 10.3 Å². The first-order valence-corrected chi connectivity index (χ1v) is 8.11. The van der Waals surface area contributed by atoms with Gasteiger partial charge in [-0.05, 0) is 17.7 Å². The van der Waals surface area contributed by atoms with Crippen molar-refractivity contribution < 1.29 is 13.2 Å². The van der Waals surface area contributed by atoms with E-state index in [9.17, 15) is 13.2 Å². The summed E-state index contributed by atoms with van der Waals surface area (Å²) in [5.74, 6) is -0.0637. The van der Waals surface area contributed by atoms with Crippen LogP contribution in [0.1, 0.15) is 5.56 Å². The van der Waals surface area contributed by atoms with Crippen LogP contribution >= 0.6 is 11.8 Å². The Bertz CT molecular complexity index is 596. The fraction of sp³-hybridized carbons (Fsp3) is 0.250. The van der Waals surface area contributed by atoms with E-state index in [2.05, 4.69) is 6.58 Å². The summed E-state index contributed by atoms with van der Waals surface area (Å²) >= 11 is 1.24. The van der Waals surface area contributed by atoms with Crippen LogP contribution in [0.5, 0.6) is 0 Å². The van der Waals surface area contributed by atoms with Crippen LogP contribution in [0, 0.1) is 0 Å². The van der Waals surface area contributed by atoms with Crippen molar-refractivity contribution in [3.05, 3.63) is 36.4 Å². The summed E-state index contributed by atoms with van der Waals surface area (Å²) in [4.78, 5) is 11.4. The minimum Gasteiger partial charge on any atom is -0.368 e. The number of carbonyl (C=O) groups is 1. The fourth-order valence-corrected chi connectivity index (χ4v) is 4.87. The SMILES string of the molecule is C=Cc1ccc(S(=O)(=O)N2CCS[C@H]2C(N)=O)cc1. The van der Waals surface area contributed by atoms with Crippen LogP contribution in [0.2, 0.25) is 0 Å². The van der Waals surface area contributed by atoms with E-state index in [1.165, 1.54) is 23.9 Å². The van der Waals surface area contributed by atoms with Crippen molar-refractivity contribution in [1.82, 2.24) is 4.31 Å². The zero-order valence-corrected chi connectivity index (χ0v) is 11.8. The lowest BCUT2D eigenvalue weighted by Crippen LogP contribution is -2.42. The van der Waals surface area contributed by atoms with Crippen molar-refractivity contribution in [3.63, 3.8) is 0 Å². The average molecular weight is 298 g/mol. The molecule has 0 aliphatic carbocycles. The number of nitrogens with two attached hydrogens (primary N) is 1. The van der Waals surface area contributed by atoms with Gasteiger partial charge in [-0.3, -0.25) is 4.79 Å². The van der Waals surface area contributed by atoms with Crippen LogP contribution in [-0.2, 0) is 14.8 Å². The summed E-state index contributed by atoms with van der Waals surface area (Å²) < 4.78 is 26.0. The zero-order valence-electron chi connectivity index (χ0n) is 10.2. The van der Waals surface area contributed by atoms with Crippen LogP contribution in [-0.4, -0.2) is 36.3 Å². The van der Waals surface area contributed by atoms with Crippen LogP contribution in [0.4, 0.5) is 0 Å². The molecule has 19 heavy (non-hydrogen) atoms. The van der Waals surface area contributed by atoms with Gasteiger partial charge in [0, 0.05) is 12.3 Å². The van der Waals surface area contributed by atoms with Gasteiger partial charge in [0.1, 0.15) is 5.37 Å². The highest BCUT2D eigenvalue weighted by atomic mass is 32.2. The number of amides is 1. The topological polar surface area (TPSA) is 80.5 Å². The fourth-order valence-electron chi connectivity index (χ4n) is 1.84. The minimum atomic E-state index is -3.68. The van der Waals surface area contributed by atoms with E-state index in [0.717, 1.165) is 9.87 Å². The van der Waals surface area contributed by atoms with Gasteiger partial charge in [0.25, 0.3) is 0 Å². The largest absolute Gasteiger partial charge is 0.368 e. The van der Waals surface area contributed by atoms with Crippen molar-refractivity contribution in [2.24, 2.45) is 5.73 Å². The Morgan fingerprint density at radius 2 is 2.05 bits per heavy atom. The molecule has 7 heteroatoms. The predicted molar refractivity (Wildman–Crippen MR) is 75.9 cm³/mol. The third-order valence-corrected chi connectivity index (χ3v) is 6.05. The Kier molecular flexibility index (Phi) is 3.98. The number of primary amides is 1. The highest BCUT2D eigenvalue weighted by molar-refractivity contribution is 8.02. The Morgan fingerprint density at radius 3 is 2.58 bits per heavy atom. The molecule has 0 radical (unpaired) electrons. The number of sulfonamides is 1. The maximum atomic E-state index is 12.4. The van der Waals surface area contributed by atoms with Gasteiger partial charge in [-0.2, -0.15) is 4.31 Å². The molecular weight excluding hydrogens is 284 g/mol. The molecule has 5 nitrogen and oxygen atoms in total. The van der Waals surface area contributed by atoms with Crippen molar-refractivity contribution in [2.75, 3.05) is 12.3 Å². The van der Waals surface area contributed by atoms with Crippen LogP contribution in [0.3, 0.4) is 0 Å². The molecule has 1 saturated heterocycles. The third kappa shape index (κ3) is 2.68. The van der Waals surface area contributed by atoms with Gasteiger partial charge in [-0.1, -0.05) is 24.8 Å². The Morgan fingerprint density at radius 1 is 1.42 bits per heavy atom. The lowest BCUT2D eigenvalue weighted by Gasteiger charge is -2.20. The maximum Gasteiger partial charge on any atom is 0.246 e. The molecule has 2 rings (SSSR count). The van der Waals surface area contributed by atoms with Gasteiger partial charge < -0.3 is 5.73 Å². The second-order valence-electron chi connectivity index (χ2n) is 4.01. The Labute approximate surface area is 116 Å². The van der Waals surface area contributed by atoms with E-state index in [1.807, 2.05) is 0 Å². The van der Waals surface area contributed by atoms with Gasteiger partial charge >= 0.3 is 0 Å². The number of hydrogen-bond acceptors (Lipinski definition) is 4. The second-order valence-corrected chi connectivity index (χ2v) is 7.09. The molecule has 102 valence electrons. The lowest BCUT2D eigenvalue weighted by molar-refractivity contribution is -0.119. The van der Waals surface area contributed by atoms with Crippen molar-refractivity contribution in [1.29, 1.82) is 0 Å². The summed E-state index contributed by atoms with van der Waals surface area (Å²) in [7, 11) is -3.68. The van der Waals surface area contributed by atoms with E-state index < -0.39 is 21.3 Å². The molecule has 0 unspecified atom stereocenters. The van der Waals surface area contributed by atoms with E-state index in [0.29, 0.717) is 12.3 Å². The normalized spacial score (nSPS) is 20.3. The molecule has 0 aromatic heterocycles. The first kappa shape index (κ1) is 14.1. The molecule has 1 fully saturated rings. The molecule has 2 N–H and O–H groups in total. The maximum absolute atomic E-state index is 12.4. The number of hydrogen-bond donors (Lipinski definition) is 1. The quantitative estimate of drug-likeness (QED) is 0.894. The molecule has 1 atom stereocenters. The summed E-state index contributed by atoms with van der Waals surface area (Å²) in [6, 6.07) is 6.35. The van der Waals surface area contributed by atoms with E-state index in [-0.39, 0.29) is 4.90 Å². The molecule has 1 heterocycles. The lowest BCUT2D eigenvalue weighted by atomic mass is 10.2. The molecule has 0 spiro atoms. The van der Waals surface area contributed by atoms with Gasteiger partial charge in [-0.25, -0.2) is 8.42 Å². The molecule has 1 aromatic carbocycles. The molecule has 0 saturated carbocycles. The summed E-state index contributed by atoms with van der Waals surface area (Å²) in [6.45, 7) is 3.91. The number of rotatable bonds is 4. The smallest absolute Gasteiger partial charge is 0.246 e. The molecule has 0 bridgehead atoms. The first-order chi connectivity index (χ1) is 8.96.